The van der Waals surface area contributed by atoms with Crippen LogP contribution < -0.4 is 5.32 Å². The van der Waals surface area contributed by atoms with Crippen molar-refractivity contribution in [3.63, 3.8) is 0 Å². The van der Waals surface area contributed by atoms with E-state index >= 15 is 0 Å². The minimum absolute atomic E-state index is 0.333. The van der Waals surface area contributed by atoms with Crippen molar-refractivity contribution in [2.24, 2.45) is 5.92 Å². The van der Waals surface area contributed by atoms with Crippen molar-refractivity contribution in [2.45, 2.75) is 6.92 Å². The van der Waals surface area contributed by atoms with Crippen molar-refractivity contribution in [3.05, 3.63) is 62.2 Å². The SMILES string of the molecule is Cc1cc(Cl)ccc1NC(=O)C(C#N)C(=O)c1ccc(I)cc1. The van der Waals surface area contributed by atoms with Crippen molar-refractivity contribution in [1.29, 1.82) is 5.26 Å². The number of nitrogens with zero attached hydrogens (tertiary/aromatic N) is 1. The number of carbonyl (C=O) groups is 2. The Labute approximate surface area is 152 Å². The number of halogens is 2. The molecule has 0 fully saturated rings. The molecule has 1 amide bonds. The second-order valence-electron chi connectivity index (χ2n) is 4.88. The van der Waals surface area contributed by atoms with Crippen molar-refractivity contribution in [3.8, 4) is 6.07 Å². The number of nitrogens with one attached hydrogen (secondary N) is 1. The number of benzene rings is 2. The lowest BCUT2D eigenvalue weighted by molar-refractivity contribution is -0.117. The van der Waals surface area contributed by atoms with E-state index in [0.717, 1.165) is 9.13 Å². The summed E-state index contributed by atoms with van der Waals surface area (Å²) in [5.74, 6) is -2.57. The quantitative estimate of drug-likeness (QED) is 0.441. The number of hydrogen-bond donors (Lipinski definition) is 1. The van der Waals surface area contributed by atoms with E-state index in [-0.39, 0.29) is 0 Å². The third kappa shape index (κ3) is 4.30. The summed E-state index contributed by atoms with van der Waals surface area (Å²) in [6.45, 7) is 1.78. The van der Waals surface area contributed by atoms with Crippen LogP contribution in [0.1, 0.15) is 15.9 Å². The second kappa shape index (κ2) is 7.57. The Kier molecular flexibility index (Phi) is 5.74. The van der Waals surface area contributed by atoms with E-state index in [1.807, 2.05) is 0 Å². The van der Waals surface area contributed by atoms with Crippen LogP contribution in [0.2, 0.25) is 5.02 Å². The summed E-state index contributed by atoms with van der Waals surface area (Å²) in [6, 6.07) is 13.5. The molecule has 2 rings (SSSR count). The first-order valence-corrected chi connectivity index (χ1v) is 8.14. The summed E-state index contributed by atoms with van der Waals surface area (Å²) < 4.78 is 0.967. The Hall–Kier alpha value is -1.91. The molecule has 2 aromatic carbocycles. The van der Waals surface area contributed by atoms with Gasteiger partial charge in [-0.25, -0.2) is 0 Å². The molecule has 6 heteroatoms. The summed E-state index contributed by atoms with van der Waals surface area (Å²) in [5.41, 5.74) is 1.61. The Morgan fingerprint density at radius 1 is 1.22 bits per heavy atom. The van der Waals surface area contributed by atoms with E-state index < -0.39 is 17.6 Å². The first kappa shape index (κ1) is 17.4. The first-order valence-electron chi connectivity index (χ1n) is 6.69. The van der Waals surface area contributed by atoms with Gasteiger partial charge < -0.3 is 5.32 Å². The fraction of sp³-hybridized carbons (Fsp3) is 0.118. The number of amides is 1. The van der Waals surface area contributed by atoms with E-state index in [2.05, 4.69) is 27.9 Å². The van der Waals surface area contributed by atoms with Crippen molar-refractivity contribution < 1.29 is 9.59 Å². The predicted octanol–water partition coefficient (Wildman–Crippen LogP) is 4.21. The summed E-state index contributed by atoms with van der Waals surface area (Å²) in [5, 5.41) is 12.4. The molecule has 23 heavy (non-hydrogen) atoms. The van der Waals surface area contributed by atoms with E-state index in [4.69, 9.17) is 11.6 Å². The molecule has 0 saturated carbocycles. The van der Waals surface area contributed by atoms with Gasteiger partial charge in [-0.05, 0) is 65.4 Å². The van der Waals surface area contributed by atoms with E-state index in [0.29, 0.717) is 16.3 Å². The van der Waals surface area contributed by atoms with Gasteiger partial charge in [0.15, 0.2) is 11.7 Å². The van der Waals surface area contributed by atoms with E-state index in [9.17, 15) is 14.9 Å². The molecule has 1 N–H and O–H groups in total. The molecule has 0 aliphatic carbocycles. The number of aryl methyl sites for hydroxylation is 1. The minimum atomic E-state index is -1.40. The average Bonchev–Trinajstić information content (AvgIpc) is 2.51. The smallest absolute Gasteiger partial charge is 0.249 e. The van der Waals surface area contributed by atoms with Crippen molar-refractivity contribution in [2.75, 3.05) is 5.32 Å². The number of ketones is 1. The highest BCUT2D eigenvalue weighted by molar-refractivity contribution is 14.1. The third-order valence-corrected chi connectivity index (χ3v) is 4.18. The van der Waals surface area contributed by atoms with Gasteiger partial charge in [0.25, 0.3) is 0 Å². The van der Waals surface area contributed by atoms with Gasteiger partial charge in [-0.2, -0.15) is 5.26 Å². The maximum atomic E-state index is 12.4. The molecule has 0 spiro atoms. The normalized spacial score (nSPS) is 11.4. The zero-order valence-corrected chi connectivity index (χ0v) is 15.1. The lowest BCUT2D eigenvalue weighted by Gasteiger charge is -2.12. The zero-order chi connectivity index (χ0) is 17.0. The third-order valence-electron chi connectivity index (χ3n) is 3.23. The lowest BCUT2D eigenvalue weighted by Crippen LogP contribution is -2.29. The second-order valence-corrected chi connectivity index (χ2v) is 6.56. The summed E-state index contributed by atoms with van der Waals surface area (Å²) in [6.07, 6.45) is 0. The molecular formula is C17H12ClIN2O2. The summed E-state index contributed by atoms with van der Waals surface area (Å²) in [7, 11) is 0. The van der Waals surface area contributed by atoms with Crippen LogP contribution in [-0.2, 0) is 4.79 Å². The van der Waals surface area contributed by atoms with Gasteiger partial charge in [-0.1, -0.05) is 23.7 Å². The van der Waals surface area contributed by atoms with Crippen LogP contribution in [0.15, 0.2) is 42.5 Å². The summed E-state index contributed by atoms with van der Waals surface area (Å²) in [4.78, 5) is 24.6. The molecule has 0 aliphatic rings. The number of rotatable bonds is 4. The highest BCUT2D eigenvalue weighted by Gasteiger charge is 2.27. The molecule has 116 valence electrons. The Balaban J connectivity index is 2.20. The van der Waals surface area contributed by atoms with Crippen LogP contribution in [0.4, 0.5) is 5.69 Å². The van der Waals surface area contributed by atoms with Crippen molar-refractivity contribution in [1.82, 2.24) is 0 Å². The largest absolute Gasteiger partial charge is 0.324 e. The molecule has 0 bridgehead atoms. The molecule has 4 nitrogen and oxygen atoms in total. The maximum Gasteiger partial charge on any atom is 0.249 e. The van der Waals surface area contributed by atoms with Gasteiger partial charge in [-0.3, -0.25) is 9.59 Å². The Morgan fingerprint density at radius 3 is 2.43 bits per heavy atom. The molecule has 0 saturated heterocycles. The highest BCUT2D eigenvalue weighted by Crippen LogP contribution is 2.21. The molecule has 0 radical (unpaired) electrons. The molecule has 0 aliphatic heterocycles. The van der Waals surface area contributed by atoms with Gasteiger partial charge in [0.05, 0.1) is 6.07 Å². The van der Waals surface area contributed by atoms with Gasteiger partial charge in [0.1, 0.15) is 0 Å². The molecule has 1 unspecified atom stereocenters. The molecule has 0 heterocycles. The lowest BCUT2D eigenvalue weighted by atomic mass is 9.98. The predicted molar refractivity (Wildman–Crippen MR) is 97.4 cm³/mol. The number of Topliss-reactive ketones (excluding diaryl/α,β-unsaturated/α-hetero) is 1. The summed E-state index contributed by atoms with van der Waals surface area (Å²) >= 11 is 7.98. The van der Waals surface area contributed by atoms with Crippen LogP contribution in [0, 0.1) is 27.7 Å². The molecular weight excluding hydrogens is 427 g/mol. The molecule has 0 aromatic heterocycles. The van der Waals surface area contributed by atoms with Crippen LogP contribution in [0.25, 0.3) is 0 Å². The fourth-order valence-electron chi connectivity index (χ4n) is 1.99. The fourth-order valence-corrected chi connectivity index (χ4v) is 2.58. The van der Waals surface area contributed by atoms with Gasteiger partial charge in [-0.15, -0.1) is 0 Å². The van der Waals surface area contributed by atoms with Crippen LogP contribution in [0.3, 0.4) is 0 Å². The number of anilines is 1. The van der Waals surface area contributed by atoms with Gasteiger partial charge >= 0.3 is 0 Å². The topological polar surface area (TPSA) is 70.0 Å². The van der Waals surface area contributed by atoms with Crippen LogP contribution >= 0.6 is 34.2 Å². The highest BCUT2D eigenvalue weighted by atomic mass is 127. The monoisotopic (exact) mass is 438 g/mol. The molecule has 1 atom stereocenters. The Morgan fingerprint density at radius 2 is 1.87 bits per heavy atom. The first-order chi connectivity index (χ1) is 10.9. The van der Waals surface area contributed by atoms with Gasteiger partial charge in [0.2, 0.25) is 5.91 Å². The number of hydrogen-bond acceptors (Lipinski definition) is 3. The number of carbonyl (C=O) groups excluding carboxylic acids is 2. The minimum Gasteiger partial charge on any atom is -0.324 e. The standard InChI is InChI=1S/C17H12ClIN2O2/c1-10-8-12(18)4-7-15(10)21-17(23)14(9-20)16(22)11-2-5-13(19)6-3-11/h2-8,14H,1H3,(H,21,23). The zero-order valence-electron chi connectivity index (χ0n) is 12.1. The average molecular weight is 439 g/mol. The number of nitriles is 1. The van der Waals surface area contributed by atoms with E-state index in [1.54, 1.807) is 55.5 Å². The van der Waals surface area contributed by atoms with Gasteiger partial charge in [0, 0.05) is 19.8 Å². The Bertz CT molecular complexity index is 797. The maximum absolute atomic E-state index is 12.4. The van der Waals surface area contributed by atoms with E-state index in [1.165, 1.54) is 0 Å². The van der Waals surface area contributed by atoms with Crippen molar-refractivity contribution >= 4 is 51.6 Å². The molecule has 2 aromatic rings. The van der Waals surface area contributed by atoms with Crippen LogP contribution in [-0.4, -0.2) is 11.7 Å². The van der Waals surface area contributed by atoms with Crippen LogP contribution in [0.5, 0.6) is 0 Å².